The summed E-state index contributed by atoms with van der Waals surface area (Å²) in [5, 5.41) is 14.0. The zero-order valence-corrected chi connectivity index (χ0v) is 12.9. The van der Waals surface area contributed by atoms with Gasteiger partial charge in [0.2, 0.25) is 0 Å². The van der Waals surface area contributed by atoms with Crippen molar-refractivity contribution in [2.24, 2.45) is 0 Å². The Morgan fingerprint density at radius 3 is 2.71 bits per heavy atom. The highest BCUT2D eigenvalue weighted by Crippen LogP contribution is 2.23. The molecule has 2 aromatic carbocycles. The topological polar surface area (TPSA) is 55.2 Å². The molecule has 0 fully saturated rings. The van der Waals surface area contributed by atoms with Crippen LogP contribution in [-0.2, 0) is 6.54 Å². The third-order valence-corrected chi connectivity index (χ3v) is 3.86. The van der Waals surface area contributed by atoms with Crippen molar-refractivity contribution in [2.45, 2.75) is 19.5 Å². The third kappa shape index (κ3) is 4.09. The second-order valence-corrected chi connectivity index (χ2v) is 5.55. The highest BCUT2D eigenvalue weighted by Gasteiger charge is 2.12. The first-order valence-corrected chi connectivity index (χ1v) is 7.18. The Morgan fingerprint density at radius 2 is 2.05 bits per heavy atom. The van der Waals surface area contributed by atoms with Crippen LogP contribution in [0.1, 0.15) is 24.1 Å². The van der Waals surface area contributed by atoms with Gasteiger partial charge in [-0.05, 0) is 30.2 Å². The maximum absolute atomic E-state index is 13.4. The fourth-order valence-corrected chi connectivity index (χ4v) is 2.68. The van der Waals surface area contributed by atoms with E-state index in [2.05, 4.69) is 21.2 Å². The van der Waals surface area contributed by atoms with Crippen LogP contribution in [0.4, 0.5) is 10.1 Å². The number of non-ortho nitro benzene ring substituents is 1. The van der Waals surface area contributed by atoms with E-state index in [4.69, 9.17) is 0 Å². The summed E-state index contributed by atoms with van der Waals surface area (Å²) in [5.41, 5.74) is 1.38. The maximum atomic E-state index is 13.4. The van der Waals surface area contributed by atoms with E-state index < -0.39 is 10.7 Å². The van der Waals surface area contributed by atoms with Gasteiger partial charge in [0.25, 0.3) is 5.69 Å². The Labute approximate surface area is 130 Å². The largest absolute Gasteiger partial charge is 0.306 e. The molecule has 0 unspecified atom stereocenters. The molecule has 1 atom stereocenters. The number of nitro groups is 1. The Morgan fingerprint density at radius 1 is 1.33 bits per heavy atom. The van der Waals surface area contributed by atoms with Gasteiger partial charge in [-0.3, -0.25) is 10.1 Å². The zero-order chi connectivity index (χ0) is 15.4. The summed E-state index contributed by atoms with van der Waals surface area (Å²) in [6, 6.07) is 11.4. The molecule has 0 saturated carbocycles. The van der Waals surface area contributed by atoms with Crippen LogP contribution in [-0.4, -0.2) is 4.92 Å². The van der Waals surface area contributed by atoms with Crippen molar-refractivity contribution in [1.29, 1.82) is 0 Å². The van der Waals surface area contributed by atoms with E-state index in [0.717, 1.165) is 16.1 Å². The Bertz CT molecular complexity index is 664. The molecule has 1 N–H and O–H groups in total. The monoisotopic (exact) mass is 352 g/mol. The van der Waals surface area contributed by atoms with E-state index in [9.17, 15) is 14.5 Å². The Kier molecular flexibility index (Phi) is 5.03. The fourth-order valence-electron chi connectivity index (χ4n) is 2.05. The van der Waals surface area contributed by atoms with Crippen molar-refractivity contribution in [3.05, 3.63) is 74.0 Å². The summed E-state index contributed by atoms with van der Waals surface area (Å²) in [6.07, 6.45) is 0. The van der Waals surface area contributed by atoms with Crippen molar-refractivity contribution >= 4 is 21.6 Å². The summed E-state index contributed by atoms with van der Waals surface area (Å²) in [7, 11) is 0. The van der Waals surface area contributed by atoms with Gasteiger partial charge in [0, 0.05) is 23.1 Å². The van der Waals surface area contributed by atoms with Crippen molar-refractivity contribution < 1.29 is 9.31 Å². The fraction of sp³-hybridized carbons (Fsp3) is 0.200. The van der Waals surface area contributed by atoms with Crippen LogP contribution in [0.25, 0.3) is 0 Å². The average Bonchev–Trinajstić information content (AvgIpc) is 2.44. The molecular formula is C15H14BrFN2O2. The maximum Gasteiger partial charge on any atom is 0.272 e. The molecule has 0 heterocycles. The predicted octanol–water partition coefficient (Wildman–Crippen LogP) is 4.35. The van der Waals surface area contributed by atoms with E-state index in [0.29, 0.717) is 12.1 Å². The van der Waals surface area contributed by atoms with Crippen LogP contribution in [0.2, 0.25) is 0 Å². The highest BCUT2D eigenvalue weighted by molar-refractivity contribution is 9.10. The number of nitro benzene ring substituents is 1. The van der Waals surface area contributed by atoms with Crippen LogP contribution < -0.4 is 5.32 Å². The Hall–Kier alpha value is -1.79. The van der Waals surface area contributed by atoms with Gasteiger partial charge >= 0.3 is 0 Å². The van der Waals surface area contributed by atoms with E-state index in [1.54, 1.807) is 0 Å². The average molecular weight is 353 g/mol. The number of hydrogen-bond acceptors (Lipinski definition) is 3. The number of nitrogens with zero attached hydrogens (tertiary/aromatic N) is 1. The molecule has 0 bridgehead atoms. The lowest BCUT2D eigenvalue weighted by Gasteiger charge is -2.15. The minimum absolute atomic E-state index is 0.0305. The summed E-state index contributed by atoms with van der Waals surface area (Å²) in [5.74, 6) is -0.602. The summed E-state index contributed by atoms with van der Waals surface area (Å²) < 4.78 is 14.3. The smallest absolute Gasteiger partial charge is 0.272 e. The minimum atomic E-state index is -0.602. The first kappa shape index (κ1) is 15.6. The number of halogens is 2. The summed E-state index contributed by atoms with van der Waals surface area (Å²) in [6.45, 7) is 2.33. The number of hydrogen-bond donors (Lipinski definition) is 1. The van der Waals surface area contributed by atoms with E-state index in [1.165, 1.54) is 12.1 Å². The molecule has 0 spiro atoms. The van der Waals surface area contributed by atoms with Crippen LogP contribution >= 0.6 is 15.9 Å². The van der Waals surface area contributed by atoms with Crippen LogP contribution in [0.15, 0.2) is 46.9 Å². The SMILES string of the molecule is C[C@@H](NCc1cc(F)cc([N+](=O)[O-])c1)c1ccccc1Br. The van der Waals surface area contributed by atoms with Crippen molar-refractivity contribution in [3.63, 3.8) is 0 Å². The first-order chi connectivity index (χ1) is 9.97. The zero-order valence-electron chi connectivity index (χ0n) is 11.3. The molecule has 2 aromatic rings. The number of benzene rings is 2. The Balaban J connectivity index is 2.09. The standard InChI is InChI=1S/C15H14BrFN2O2/c1-10(14-4-2-3-5-15(14)16)18-9-11-6-12(17)8-13(7-11)19(20)21/h2-8,10,18H,9H2,1H3/t10-/m1/s1. The molecule has 6 heteroatoms. The lowest BCUT2D eigenvalue weighted by molar-refractivity contribution is -0.385. The van der Waals surface area contributed by atoms with Crippen LogP contribution in [0.3, 0.4) is 0 Å². The van der Waals surface area contributed by atoms with E-state index in [-0.39, 0.29) is 11.7 Å². The lowest BCUT2D eigenvalue weighted by Crippen LogP contribution is -2.18. The van der Waals surface area contributed by atoms with Crippen LogP contribution in [0, 0.1) is 15.9 Å². The molecule has 0 amide bonds. The molecule has 2 rings (SSSR count). The highest BCUT2D eigenvalue weighted by atomic mass is 79.9. The third-order valence-electron chi connectivity index (χ3n) is 3.14. The second kappa shape index (κ2) is 6.78. The second-order valence-electron chi connectivity index (χ2n) is 4.70. The minimum Gasteiger partial charge on any atom is -0.306 e. The quantitative estimate of drug-likeness (QED) is 0.642. The normalized spacial score (nSPS) is 12.1. The molecule has 110 valence electrons. The van der Waals surface area contributed by atoms with Crippen molar-refractivity contribution in [3.8, 4) is 0 Å². The molecule has 0 aliphatic rings. The predicted molar refractivity (Wildman–Crippen MR) is 82.5 cm³/mol. The van der Waals surface area contributed by atoms with E-state index in [1.807, 2.05) is 31.2 Å². The molecule has 0 aromatic heterocycles. The van der Waals surface area contributed by atoms with Gasteiger partial charge in [0.15, 0.2) is 0 Å². The van der Waals surface area contributed by atoms with Crippen molar-refractivity contribution in [2.75, 3.05) is 0 Å². The van der Waals surface area contributed by atoms with Gasteiger partial charge in [-0.15, -0.1) is 0 Å². The van der Waals surface area contributed by atoms with Gasteiger partial charge in [0.05, 0.1) is 11.0 Å². The van der Waals surface area contributed by atoms with Gasteiger partial charge in [-0.25, -0.2) is 4.39 Å². The van der Waals surface area contributed by atoms with Crippen LogP contribution in [0.5, 0.6) is 0 Å². The van der Waals surface area contributed by atoms with E-state index >= 15 is 0 Å². The molecule has 0 aliphatic carbocycles. The summed E-state index contributed by atoms with van der Waals surface area (Å²) in [4.78, 5) is 10.1. The van der Waals surface area contributed by atoms with Gasteiger partial charge < -0.3 is 5.32 Å². The van der Waals surface area contributed by atoms with Gasteiger partial charge in [0.1, 0.15) is 5.82 Å². The van der Waals surface area contributed by atoms with Gasteiger partial charge in [-0.1, -0.05) is 34.1 Å². The molecule has 0 saturated heterocycles. The van der Waals surface area contributed by atoms with Crippen molar-refractivity contribution in [1.82, 2.24) is 5.32 Å². The molecule has 4 nitrogen and oxygen atoms in total. The lowest BCUT2D eigenvalue weighted by atomic mass is 10.1. The molecule has 0 radical (unpaired) electrons. The van der Waals surface area contributed by atoms with Gasteiger partial charge in [-0.2, -0.15) is 0 Å². The molecule has 0 aliphatic heterocycles. The number of rotatable bonds is 5. The summed E-state index contributed by atoms with van der Waals surface area (Å²) >= 11 is 3.48. The first-order valence-electron chi connectivity index (χ1n) is 6.39. The molecule has 21 heavy (non-hydrogen) atoms. The molecular weight excluding hydrogens is 339 g/mol. The number of nitrogens with one attached hydrogen (secondary N) is 1.